The van der Waals surface area contributed by atoms with Gasteiger partial charge in [0.15, 0.2) is 0 Å². The topological polar surface area (TPSA) is 3.24 Å². The Balaban J connectivity index is 2.18. The summed E-state index contributed by atoms with van der Waals surface area (Å²) in [4.78, 5) is 2.61. The van der Waals surface area contributed by atoms with Gasteiger partial charge in [-0.2, -0.15) is 0 Å². The van der Waals surface area contributed by atoms with Crippen LogP contribution in [0.2, 0.25) is 0 Å². The molecule has 13 heavy (non-hydrogen) atoms. The average Bonchev–Trinajstić information content (AvgIpc) is 2.84. The van der Waals surface area contributed by atoms with E-state index < -0.39 is 0 Å². The van der Waals surface area contributed by atoms with E-state index in [1.165, 1.54) is 32.4 Å². The summed E-state index contributed by atoms with van der Waals surface area (Å²) in [5, 5.41) is 0. The minimum Gasteiger partial charge on any atom is -0.300 e. The monoisotopic (exact) mass is 179 g/mol. The van der Waals surface area contributed by atoms with Gasteiger partial charge >= 0.3 is 0 Å². The summed E-state index contributed by atoms with van der Waals surface area (Å²) in [5.74, 6) is 3.49. The van der Waals surface area contributed by atoms with Gasteiger partial charge in [-0.15, -0.1) is 12.3 Å². The predicted molar refractivity (Wildman–Crippen MR) is 57.5 cm³/mol. The number of hydrogen-bond donors (Lipinski definition) is 0. The van der Waals surface area contributed by atoms with Crippen LogP contribution in [-0.2, 0) is 0 Å². The third kappa shape index (κ3) is 4.33. The molecule has 0 unspecified atom stereocenters. The first-order valence-corrected chi connectivity index (χ1v) is 5.41. The Morgan fingerprint density at radius 3 is 2.62 bits per heavy atom. The zero-order chi connectivity index (χ0) is 9.68. The summed E-state index contributed by atoms with van der Waals surface area (Å²) in [6, 6.07) is 0.889. The Morgan fingerprint density at radius 2 is 2.15 bits per heavy atom. The van der Waals surface area contributed by atoms with Crippen molar-refractivity contribution in [3.05, 3.63) is 0 Å². The number of unbranched alkanes of at least 4 members (excludes halogenated alkanes) is 1. The van der Waals surface area contributed by atoms with Crippen LogP contribution in [0.25, 0.3) is 0 Å². The highest BCUT2D eigenvalue weighted by molar-refractivity contribution is 4.87. The number of terminal acetylenes is 1. The highest BCUT2D eigenvalue weighted by atomic mass is 15.2. The van der Waals surface area contributed by atoms with E-state index in [9.17, 15) is 0 Å². The van der Waals surface area contributed by atoms with Crippen LogP contribution in [0.1, 0.15) is 39.5 Å². The van der Waals surface area contributed by atoms with Crippen molar-refractivity contribution >= 4 is 0 Å². The molecule has 0 aliphatic heterocycles. The molecular formula is C12H21N. The van der Waals surface area contributed by atoms with Gasteiger partial charge in [0.1, 0.15) is 0 Å². The van der Waals surface area contributed by atoms with Crippen molar-refractivity contribution in [3.63, 3.8) is 0 Å². The van der Waals surface area contributed by atoms with E-state index in [0.29, 0.717) is 0 Å². The maximum Gasteiger partial charge on any atom is 0.00982 e. The first-order valence-electron chi connectivity index (χ1n) is 5.41. The molecule has 0 spiro atoms. The Bertz CT molecular complexity index is 174. The summed E-state index contributed by atoms with van der Waals surface area (Å²) in [5.41, 5.74) is 0. The van der Waals surface area contributed by atoms with Crippen LogP contribution in [0, 0.1) is 18.3 Å². The maximum atomic E-state index is 5.24. The highest BCUT2D eigenvalue weighted by Crippen LogP contribution is 2.27. The van der Waals surface area contributed by atoms with Gasteiger partial charge in [-0.3, -0.25) is 0 Å². The third-order valence-corrected chi connectivity index (χ3v) is 2.43. The molecule has 0 saturated heterocycles. The first kappa shape index (κ1) is 10.6. The molecule has 0 aromatic heterocycles. The minimum atomic E-state index is 0.784. The summed E-state index contributed by atoms with van der Waals surface area (Å²) >= 11 is 0. The molecule has 0 bridgehead atoms. The van der Waals surface area contributed by atoms with E-state index in [1.54, 1.807) is 0 Å². The van der Waals surface area contributed by atoms with Crippen molar-refractivity contribution in [3.8, 4) is 12.3 Å². The molecular weight excluding hydrogens is 158 g/mol. The van der Waals surface area contributed by atoms with E-state index in [1.807, 2.05) is 0 Å². The molecule has 1 rings (SSSR count). The van der Waals surface area contributed by atoms with Crippen molar-refractivity contribution in [1.82, 2.24) is 4.90 Å². The lowest BCUT2D eigenvalue weighted by Gasteiger charge is -2.23. The second kappa shape index (κ2) is 5.29. The Hall–Kier alpha value is -0.480. The van der Waals surface area contributed by atoms with Crippen LogP contribution >= 0.6 is 0 Å². The number of rotatable bonds is 6. The fraction of sp³-hybridized carbons (Fsp3) is 0.833. The molecule has 0 radical (unpaired) electrons. The second-order valence-corrected chi connectivity index (χ2v) is 4.43. The summed E-state index contributed by atoms with van der Waals surface area (Å²) < 4.78 is 0. The van der Waals surface area contributed by atoms with Crippen LogP contribution in [0.4, 0.5) is 0 Å². The van der Waals surface area contributed by atoms with Crippen molar-refractivity contribution in [2.45, 2.75) is 45.6 Å². The SMILES string of the molecule is C#CCCCN(CC(C)C)C1CC1. The second-order valence-electron chi connectivity index (χ2n) is 4.43. The van der Waals surface area contributed by atoms with Gasteiger partial charge in [0.25, 0.3) is 0 Å². The molecule has 0 N–H and O–H groups in total. The molecule has 1 aliphatic rings. The molecule has 1 aliphatic carbocycles. The molecule has 0 atom stereocenters. The average molecular weight is 179 g/mol. The lowest BCUT2D eigenvalue weighted by molar-refractivity contribution is 0.233. The van der Waals surface area contributed by atoms with E-state index in [2.05, 4.69) is 24.7 Å². The van der Waals surface area contributed by atoms with Crippen LogP contribution in [0.3, 0.4) is 0 Å². The minimum absolute atomic E-state index is 0.784. The number of hydrogen-bond acceptors (Lipinski definition) is 1. The van der Waals surface area contributed by atoms with Gasteiger partial charge in [-0.25, -0.2) is 0 Å². The summed E-state index contributed by atoms with van der Waals surface area (Å²) in [7, 11) is 0. The Kier molecular flexibility index (Phi) is 4.32. The van der Waals surface area contributed by atoms with Gasteiger partial charge < -0.3 is 4.90 Å². The van der Waals surface area contributed by atoms with E-state index in [-0.39, 0.29) is 0 Å². The first-order chi connectivity index (χ1) is 6.24. The number of nitrogens with zero attached hydrogens (tertiary/aromatic N) is 1. The van der Waals surface area contributed by atoms with Crippen LogP contribution < -0.4 is 0 Å². The van der Waals surface area contributed by atoms with Crippen molar-refractivity contribution in [1.29, 1.82) is 0 Å². The Morgan fingerprint density at radius 1 is 1.46 bits per heavy atom. The zero-order valence-electron chi connectivity index (χ0n) is 8.92. The fourth-order valence-electron chi connectivity index (χ4n) is 1.72. The van der Waals surface area contributed by atoms with Gasteiger partial charge in [0.2, 0.25) is 0 Å². The lowest BCUT2D eigenvalue weighted by Crippen LogP contribution is -2.30. The summed E-state index contributed by atoms with van der Waals surface area (Å²) in [6.07, 6.45) is 10.1. The molecule has 0 aromatic carbocycles. The third-order valence-electron chi connectivity index (χ3n) is 2.43. The van der Waals surface area contributed by atoms with E-state index in [4.69, 9.17) is 6.42 Å². The molecule has 1 saturated carbocycles. The van der Waals surface area contributed by atoms with Gasteiger partial charge in [-0.05, 0) is 31.7 Å². The van der Waals surface area contributed by atoms with E-state index >= 15 is 0 Å². The van der Waals surface area contributed by atoms with E-state index in [0.717, 1.165) is 18.4 Å². The zero-order valence-corrected chi connectivity index (χ0v) is 8.92. The highest BCUT2D eigenvalue weighted by Gasteiger charge is 2.28. The fourth-order valence-corrected chi connectivity index (χ4v) is 1.72. The molecule has 0 aromatic rings. The largest absolute Gasteiger partial charge is 0.300 e. The molecule has 1 heteroatoms. The molecule has 1 nitrogen and oxygen atoms in total. The van der Waals surface area contributed by atoms with Crippen molar-refractivity contribution in [2.75, 3.05) is 13.1 Å². The van der Waals surface area contributed by atoms with Crippen molar-refractivity contribution in [2.24, 2.45) is 5.92 Å². The van der Waals surface area contributed by atoms with Gasteiger partial charge in [0, 0.05) is 19.0 Å². The molecule has 1 fully saturated rings. The smallest absolute Gasteiger partial charge is 0.00982 e. The summed E-state index contributed by atoms with van der Waals surface area (Å²) in [6.45, 7) is 7.02. The lowest BCUT2D eigenvalue weighted by atomic mass is 10.2. The van der Waals surface area contributed by atoms with Crippen LogP contribution in [0.5, 0.6) is 0 Å². The Labute approximate surface area is 82.5 Å². The van der Waals surface area contributed by atoms with Crippen LogP contribution in [0.15, 0.2) is 0 Å². The van der Waals surface area contributed by atoms with Crippen LogP contribution in [-0.4, -0.2) is 24.0 Å². The quantitative estimate of drug-likeness (QED) is 0.447. The van der Waals surface area contributed by atoms with Gasteiger partial charge in [-0.1, -0.05) is 13.8 Å². The molecule has 74 valence electrons. The standard InChI is InChI=1S/C12H21N/c1-4-5-6-9-13(10-11(2)3)12-7-8-12/h1,11-12H,5-10H2,2-3H3. The van der Waals surface area contributed by atoms with Gasteiger partial charge in [0.05, 0.1) is 0 Å². The molecule has 0 heterocycles. The normalized spacial score (nSPS) is 16.5. The van der Waals surface area contributed by atoms with Crippen molar-refractivity contribution < 1.29 is 0 Å². The maximum absolute atomic E-state index is 5.24. The predicted octanol–water partition coefficient (Wildman–Crippen LogP) is 2.52. The molecule has 0 amide bonds.